The molecule has 0 aliphatic carbocycles. The minimum atomic E-state index is -4.36. The molecular formula is C13H13BrF3N3. The van der Waals surface area contributed by atoms with Crippen LogP contribution in [-0.2, 0) is 11.5 Å². The van der Waals surface area contributed by atoms with Gasteiger partial charge >= 0.3 is 6.18 Å². The van der Waals surface area contributed by atoms with E-state index < -0.39 is 11.7 Å². The summed E-state index contributed by atoms with van der Waals surface area (Å²) < 4.78 is 40.1. The van der Waals surface area contributed by atoms with Crippen molar-refractivity contribution in [2.45, 2.75) is 31.4 Å². The minimum absolute atomic E-state index is 0.0575. The summed E-state index contributed by atoms with van der Waals surface area (Å²) in [5, 5.41) is 8.52. The molecule has 1 aromatic heterocycles. The zero-order valence-corrected chi connectivity index (χ0v) is 12.5. The Balaban J connectivity index is 2.55. The van der Waals surface area contributed by atoms with Gasteiger partial charge in [-0.1, -0.05) is 28.1 Å². The SMILES string of the molecule is CC(C)n1c(CBr)nnc1-c1cccc(C(F)(F)F)c1. The molecule has 1 aromatic carbocycles. The maximum Gasteiger partial charge on any atom is 0.416 e. The van der Waals surface area contributed by atoms with E-state index >= 15 is 0 Å². The van der Waals surface area contributed by atoms with Crippen molar-refractivity contribution in [1.29, 1.82) is 0 Å². The van der Waals surface area contributed by atoms with Gasteiger partial charge in [-0.05, 0) is 26.0 Å². The van der Waals surface area contributed by atoms with Gasteiger partial charge in [0.1, 0.15) is 5.82 Å². The zero-order chi connectivity index (χ0) is 14.9. The number of nitrogens with zero attached hydrogens (tertiary/aromatic N) is 3. The molecule has 2 aromatic rings. The Hall–Kier alpha value is -1.37. The summed E-state index contributed by atoms with van der Waals surface area (Å²) in [6.45, 7) is 3.87. The molecule has 0 aliphatic heterocycles. The molecule has 0 N–H and O–H groups in total. The summed E-state index contributed by atoms with van der Waals surface area (Å²) in [7, 11) is 0. The first kappa shape index (κ1) is 15.0. The third kappa shape index (κ3) is 2.87. The molecule has 3 nitrogen and oxygen atoms in total. The fraction of sp³-hybridized carbons (Fsp3) is 0.385. The molecule has 7 heteroatoms. The lowest BCUT2D eigenvalue weighted by Gasteiger charge is -2.14. The van der Waals surface area contributed by atoms with E-state index in [-0.39, 0.29) is 6.04 Å². The second-order valence-electron chi connectivity index (χ2n) is 4.62. The van der Waals surface area contributed by atoms with Crippen molar-refractivity contribution < 1.29 is 13.2 Å². The highest BCUT2D eigenvalue weighted by atomic mass is 79.9. The van der Waals surface area contributed by atoms with Gasteiger partial charge in [-0.2, -0.15) is 13.2 Å². The predicted molar refractivity (Wildman–Crippen MR) is 73.5 cm³/mol. The van der Waals surface area contributed by atoms with Crippen LogP contribution >= 0.6 is 15.9 Å². The number of hydrogen-bond donors (Lipinski definition) is 0. The molecular weight excluding hydrogens is 335 g/mol. The van der Waals surface area contributed by atoms with Crippen LogP contribution in [0.4, 0.5) is 13.2 Å². The lowest BCUT2D eigenvalue weighted by atomic mass is 10.1. The van der Waals surface area contributed by atoms with Crippen molar-refractivity contribution in [3.63, 3.8) is 0 Å². The smallest absolute Gasteiger partial charge is 0.308 e. The normalized spacial score (nSPS) is 12.2. The summed E-state index contributed by atoms with van der Waals surface area (Å²) in [5.74, 6) is 1.13. The molecule has 0 amide bonds. The average molecular weight is 348 g/mol. The van der Waals surface area contributed by atoms with E-state index in [1.165, 1.54) is 6.07 Å². The molecule has 0 fully saturated rings. The summed E-state index contributed by atoms with van der Waals surface area (Å²) in [6, 6.07) is 5.19. The standard InChI is InChI=1S/C13H13BrF3N3/c1-8(2)20-11(7-14)18-19-12(20)9-4-3-5-10(6-9)13(15,16)17/h3-6,8H,7H2,1-2H3. The van der Waals surface area contributed by atoms with Gasteiger partial charge in [0, 0.05) is 11.6 Å². The monoisotopic (exact) mass is 347 g/mol. The van der Waals surface area contributed by atoms with Gasteiger partial charge in [-0.3, -0.25) is 0 Å². The highest BCUT2D eigenvalue weighted by molar-refractivity contribution is 9.08. The van der Waals surface area contributed by atoms with Crippen LogP contribution in [0.25, 0.3) is 11.4 Å². The quantitative estimate of drug-likeness (QED) is 0.768. The lowest BCUT2D eigenvalue weighted by molar-refractivity contribution is -0.137. The van der Waals surface area contributed by atoms with E-state index in [0.717, 1.165) is 12.1 Å². The molecule has 108 valence electrons. The highest BCUT2D eigenvalue weighted by Crippen LogP contribution is 2.32. The van der Waals surface area contributed by atoms with Crippen molar-refractivity contribution >= 4 is 15.9 Å². The third-order valence-electron chi connectivity index (χ3n) is 2.85. The van der Waals surface area contributed by atoms with E-state index in [9.17, 15) is 13.2 Å². The van der Waals surface area contributed by atoms with Crippen LogP contribution in [0, 0.1) is 0 Å². The van der Waals surface area contributed by atoms with Gasteiger partial charge in [0.15, 0.2) is 5.82 Å². The Bertz CT molecular complexity index is 605. The second kappa shape index (κ2) is 5.55. The largest absolute Gasteiger partial charge is 0.416 e. The van der Waals surface area contributed by atoms with Crippen molar-refractivity contribution in [1.82, 2.24) is 14.8 Å². The fourth-order valence-corrected chi connectivity index (χ4v) is 2.37. The molecule has 0 unspecified atom stereocenters. The van der Waals surface area contributed by atoms with Crippen LogP contribution in [0.3, 0.4) is 0 Å². The molecule has 1 heterocycles. The average Bonchev–Trinajstić information content (AvgIpc) is 2.81. The van der Waals surface area contributed by atoms with Crippen LogP contribution in [0.1, 0.15) is 31.3 Å². The second-order valence-corrected chi connectivity index (χ2v) is 5.18. The Labute approximate surface area is 123 Å². The molecule has 0 aliphatic rings. The molecule has 0 radical (unpaired) electrons. The summed E-state index contributed by atoms with van der Waals surface area (Å²) in [6.07, 6.45) is -4.36. The Morgan fingerprint density at radius 2 is 1.95 bits per heavy atom. The van der Waals surface area contributed by atoms with E-state index in [0.29, 0.717) is 22.5 Å². The molecule has 0 bridgehead atoms. The number of halogens is 4. The number of benzene rings is 1. The zero-order valence-electron chi connectivity index (χ0n) is 10.9. The summed E-state index contributed by atoms with van der Waals surface area (Å²) >= 11 is 3.31. The number of aromatic nitrogens is 3. The van der Waals surface area contributed by atoms with E-state index in [4.69, 9.17) is 0 Å². The van der Waals surface area contributed by atoms with Gasteiger partial charge in [-0.15, -0.1) is 10.2 Å². The van der Waals surface area contributed by atoms with Gasteiger partial charge in [0.2, 0.25) is 0 Å². The maximum atomic E-state index is 12.8. The lowest BCUT2D eigenvalue weighted by Crippen LogP contribution is -2.08. The molecule has 0 saturated carbocycles. The van der Waals surface area contributed by atoms with Gasteiger partial charge in [-0.25, -0.2) is 0 Å². The first-order valence-electron chi connectivity index (χ1n) is 6.02. The van der Waals surface area contributed by atoms with E-state index in [1.807, 2.05) is 18.4 Å². The number of rotatable bonds is 3. The molecule has 0 saturated heterocycles. The van der Waals surface area contributed by atoms with Gasteiger partial charge in [0.25, 0.3) is 0 Å². The fourth-order valence-electron chi connectivity index (χ4n) is 1.99. The minimum Gasteiger partial charge on any atom is -0.308 e. The van der Waals surface area contributed by atoms with Crippen LogP contribution in [0.5, 0.6) is 0 Å². The molecule has 20 heavy (non-hydrogen) atoms. The van der Waals surface area contributed by atoms with Crippen LogP contribution in [-0.4, -0.2) is 14.8 Å². The first-order valence-corrected chi connectivity index (χ1v) is 7.14. The van der Waals surface area contributed by atoms with Crippen molar-refractivity contribution in [3.8, 4) is 11.4 Å². The summed E-state index contributed by atoms with van der Waals surface area (Å²) in [4.78, 5) is 0. The Morgan fingerprint density at radius 3 is 2.50 bits per heavy atom. The van der Waals surface area contributed by atoms with E-state index in [2.05, 4.69) is 26.1 Å². The third-order valence-corrected chi connectivity index (χ3v) is 3.35. The number of alkyl halides is 4. The predicted octanol–water partition coefficient (Wildman–Crippen LogP) is 4.44. The van der Waals surface area contributed by atoms with Crippen molar-refractivity contribution in [2.24, 2.45) is 0 Å². The Morgan fingerprint density at radius 1 is 1.25 bits per heavy atom. The van der Waals surface area contributed by atoms with E-state index in [1.54, 1.807) is 6.07 Å². The van der Waals surface area contributed by atoms with Crippen LogP contribution < -0.4 is 0 Å². The molecule has 2 rings (SSSR count). The Kier molecular flexibility index (Phi) is 4.17. The first-order chi connectivity index (χ1) is 9.34. The van der Waals surface area contributed by atoms with Crippen LogP contribution in [0.2, 0.25) is 0 Å². The van der Waals surface area contributed by atoms with Crippen molar-refractivity contribution in [2.75, 3.05) is 0 Å². The number of hydrogen-bond acceptors (Lipinski definition) is 2. The molecule has 0 atom stereocenters. The highest BCUT2D eigenvalue weighted by Gasteiger charge is 2.31. The maximum absolute atomic E-state index is 12.8. The van der Waals surface area contributed by atoms with Crippen molar-refractivity contribution in [3.05, 3.63) is 35.7 Å². The topological polar surface area (TPSA) is 30.7 Å². The van der Waals surface area contributed by atoms with Gasteiger partial charge < -0.3 is 4.57 Å². The van der Waals surface area contributed by atoms with Gasteiger partial charge in [0.05, 0.1) is 10.9 Å². The molecule has 0 spiro atoms. The summed E-state index contributed by atoms with van der Waals surface area (Å²) in [5.41, 5.74) is -0.276. The van der Waals surface area contributed by atoms with Crippen LogP contribution in [0.15, 0.2) is 24.3 Å².